The first-order valence-corrected chi connectivity index (χ1v) is 11.5. The van der Waals surface area contributed by atoms with E-state index in [4.69, 9.17) is 21.2 Å². The van der Waals surface area contributed by atoms with E-state index in [1.807, 2.05) is 24.3 Å². The van der Waals surface area contributed by atoms with Gasteiger partial charge in [0.2, 0.25) is 0 Å². The molecule has 0 fully saturated rings. The number of hydrogen-bond acceptors (Lipinski definition) is 4. The van der Waals surface area contributed by atoms with E-state index in [0.717, 1.165) is 28.8 Å². The molecule has 0 heterocycles. The highest BCUT2D eigenvalue weighted by molar-refractivity contribution is 6.30. The van der Waals surface area contributed by atoms with Gasteiger partial charge in [-0.25, -0.2) is 4.79 Å². The number of benzene rings is 3. The molecule has 0 amide bonds. The van der Waals surface area contributed by atoms with Gasteiger partial charge in [-0.1, -0.05) is 42.8 Å². The van der Waals surface area contributed by atoms with E-state index in [0.29, 0.717) is 28.5 Å². The fraction of sp³-hybridized carbons (Fsp3) is 0.222. The minimum absolute atomic E-state index is 0.0209. The minimum atomic E-state index is -4.40. The van der Waals surface area contributed by atoms with Crippen LogP contribution in [0.5, 0.6) is 5.75 Å². The van der Waals surface area contributed by atoms with E-state index >= 15 is 0 Å². The standard InChI is InChI=1S/C27H25ClF3NO4/c1-3-24(26(33)34)36-25-13-8-20(14-17(25)2)23(15-18-6-11-22(28)12-7-18)32-35-16-19-4-9-21(10-5-19)27(29,30)31/h4-15,24,32H,3,16H2,1-2H3,(H,33,34). The third-order valence-corrected chi connectivity index (χ3v) is 5.54. The molecule has 0 aliphatic heterocycles. The lowest BCUT2D eigenvalue weighted by Crippen LogP contribution is -2.26. The van der Waals surface area contributed by atoms with Crippen molar-refractivity contribution in [2.24, 2.45) is 0 Å². The molecule has 0 aromatic heterocycles. The van der Waals surface area contributed by atoms with Gasteiger partial charge in [-0.3, -0.25) is 10.3 Å². The van der Waals surface area contributed by atoms with Crippen molar-refractivity contribution >= 4 is 29.3 Å². The van der Waals surface area contributed by atoms with Crippen molar-refractivity contribution in [3.05, 3.63) is 99.6 Å². The van der Waals surface area contributed by atoms with E-state index in [1.54, 1.807) is 38.1 Å². The molecule has 3 aromatic carbocycles. The Bertz CT molecular complexity index is 1210. The monoisotopic (exact) mass is 519 g/mol. The van der Waals surface area contributed by atoms with E-state index in [9.17, 15) is 23.1 Å². The number of carbonyl (C=O) groups is 1. The fourth-order valence-corrected chi connectivity index (χ4v) is 3.42. The summed E-state index contributed by atoms with van der Waals surface area (Å²) in [6.45, 7) is 3.55. The average Bonchev–Trinajstić information content (AvgIpc) is 2.83. The predicted octanol–water partition coefficient (Wildman–Crippen LogP) is 7.13. The zero-order chi connectivity index (χ0) is 26.3. The van der Waals surface area contributed by atoms with Crippen molar-refractivity contribution in [2.45, 2.75) is 39.2 Å². The first kappa shape index (κ1) is 27.1. The molecule has 5 nitrogen and oxygen atoms in total. The van der Waals surface area contributed by atoms with Crippen LogP contribution in [-0.4, -0.2) is 17.2 Å². The number of carboxylic acids is 1. The van der Waals surface area contributed by atoms with Gasteiger partial charge in [0.1, 0.15) is 5.75 Å². The summed E-state index contributed by atoms with van der Waals surface area (Å²) >= 11 is 5.98. The van der Waals surface area contributed by atoms with E-state index in [1.165, 1.54) is 12.1 Å². The molecule has 0 spiro atoms. The predicted molar refractivity (Wildman–Crippen MR) is 132 cm³/mol. The summed E-state index contributed by atoms with van der Waals surface area (Å²) in [5, 5.41) is 9.86. The Hall–Kier alpha value is -3.49. The zero-order valence-electron chi connectivity index (χ0n) is 19.6. The lowest BCUT2D eigenvalue weighted by molar-refractivity contribution is -0.145. The molecule has 190 valence electrons. The number of aryl methyl sites for hydroxylation is 1. The summed E-state index contributed by atoms with van der Waals surface area (Å²) < 4.78 is 44.0. The lowest BCUT2D eigenvalue weighted by Gasteiger charge is -2.17. The second-order valence-electron chi connectivity index (χ2n) is 8.03. The fourth-order valence-electron chi connectivity index (χ4n) is 3.30. The number of ether oxygens (including phenoxy) is 1. The molecule has 1 unspecified atom stereocenters. The maximum absolute atomic E-state index is 12.8. The summed E-state index contributed by atoms with van der Waals surface area (Å²) in [4.78, 5) is 16.9. The van der Waals surface area contributed by atoms with Crippen LogP contribution in [0.25, 0.3) is 11.8 Å². The van der Waals surface area contributed by atoms with Gasteiger partial charge < -0.3 is 9.84 Å². The summed E-state index contributed by atoms with van der Waals surface area (Å²) in [6, 6.07) is 17.1. The number of aliphatic carboxylic acids is 1. The van der Waals surface area contributed by atoms with Crippen molar-refractivity contribution in [2.75, 3.05) is 0 Å². The van der Waals surface area contributed by atoms with Crippen LogP contribution in [0.1, 0.15) is 41.2 Å². The first-order valence-electron chi connectivity index (χ1n) is 11.1. The highest BCUT2D eigenvalue weighted by Crippen LogP contribution is 2.29. The minimum Gasteiger partial charge on any atom is -0.479 e. The lowest BCUT2D eigenvalue weighted by atomic mass is 10.1. The maximum Gasteiger partial charge on any atom is 0.416 e. The number of rotatable bonds is 10. The molecule has 3 aromatic rings. The molecule has 3 rings (SSSR count). The van der Waals surface area contributed by atoms with Gasteiger partial charge in [0.25, 0.3) is 0 Å². The van der Waals surface area contributed by atoms with Crippen LogP contribution < -0.4 is 10.2 Å². The van der Waals surface area contributed by atoms with Gasteiger partial charge >= 0.3 is 12.1 Å². The third-order valence-electron chi connectivity index (χ3n) is 5.28. The largest absolute Gasteiger partial charge is 0.479 e. The van der Waals surface area contributed by atoms with E-state index in [2.05, 4.69) is 5.48 Å². The second kappa shape index (κ2) is 12.0. The number of carboxylic acid groups (broad SMARTS) is 1. The van der Waals surface area contributed by atoms with Crippen LogP contribution in [0.3, 0.4) is 0 Å². The zero-order valence-corrected chi connectivity index (χ0v) is 20.4. The quantitative estimate of drug-likeness (QED) is 0.220. The number of halogens is 4. The molecule has 0 saturated carbocycles. The summed E-state index contributed by atoms with van der Waals surface area (Å²) in [5.41, 5.74) is 5.56. The Morgan fingerprint density at radius 1 is 1.08 bits per heavy atom. The summed E-state index contributed by atoms with van der Waals surface area (Å²) in [7, 11) is 0. The van der Waals surface area contributed by atoms with Crippen molar-refractivity contribution in [1.82, 2.24) is 5.48 Å². The molecule has 0 radical (unpaired) electrons. The third kappa shape index (κ3) is 7.50. The molecule has 9 heteroatoms. The average molecular weight is 520 g/mol. The number of alkyl halides is 3. The molecule has 0 aliphatic carbocycles. The molecule has 0 saturated heterocycles. The maximum atomic E-state index is 12.8. The number of nitrogens with one attached hydrogen (secondary N) is 1. The van der Waals surface area contributed by atoms with Crippen LogP contribution >= 0.6 is 11.6 Å². The van der Waals surface area contributed by atoms with Crippen LogP contribution in [0.15, 0.2) is 66.7 Å². The van der Waals surface area contributed by atoms with Gasteiger partial charge in [-0.15, -0.1) is 0 Å². The van der Waals surface area contributed by atoms with E-state index < -0.39 is 23.8 Å². The molecule has 0 aliphatic rings. The molecule has 36 heavy (non-hydrogen) atoms. The summed E-state index contributed by atoms with van der Waals surface area (Å²) in [5.74, 6) is -0.591. The topological polar surface area (TPSA) is 67.8 Å². The van der Waals surface area contributed by atoms with Crippen molar-refractivity contribution < 1.29 is 32.6 Å². The van der Waals surface area contributed by atoms with Crippen LogP contribution in [-0.2, 0) is 22.4 Å². The smallest absolute Gasteiger partial charge is 0.416 e. The van der Waals surface area contributed by atoms with Crippen LogP contribution in [0.4, 0.5) is 13.2 Å². The Morgan fingerprint density at radius 2 is 1.75 bits per heavy atom. The summed E-state index contributed by atoms with van der Waals surface area (Å²) in [6.07, 6.45) is -3.22. The molecular weight excluding hydrogens is 495 g/mol. The Labute approximate surface area is 212 Å². The van der Waals surface area contributed by atoms with Gasteiger partial charge in [0, 0.05) is 10.6 Å². The van der Waals surface area contributed by atoms with Gasteiger partial charge in [-0.2, -0.15) is 13.2 Å². The molecule has 1 atom stereocenters. The van der Waals surface area contributed by atoms with Crippen molar-refractivity contribution in [3.63, 3.8) is 0 Å². The van der Waals surface area contributed by atoms with Crippen molar-refractivity contribution in [1.29, 1.82) is 0 Å². The normalized spacial score (nSPS) is 12.8. The van der Waals surface area contributed by atoms with Crippen LogP contribution in [0.2, 0.25) is 5.02 Å². The van der Waals surface area contributed by atoms with Gasteiger partial charge in [0.05, 0.1) is 17.9 Å². The van der Waals surface area contributed by atoms with Crippen LogP contribution in [0, 0.1) is 6.92 Å². The number of hydrogen-bond donors (Lipinski definition) is 2. The molecule has 2 N–H and O–H groups in total. The Kier molecular flexibility index (Phi) is 9.01. The molecule has 0 bridgehead atoms. The Balaban J connectivity index is 1.81. The van der Waals surface area contributed by atoms with E-state index in [-0.39, 0.29) is 6.61 Å². The highest BCUT2D eigenvalue weighted by Gasteiger charge is 2.29. The molecular formula is C27H25ClF3NO4. The Morgan fingerprint density at radius 3 is 2.31 bits per heavy atom. The van der Waals surface area contributed by atoms with Gasteiger partial charge in [0.15, 0.2) is 6.10 Å². The number of hydroxylamine groups is 1. The second-order valence-corrected chi connectivity index (χ2v) is 8.46. The SMILES string of the molecule is CCC(Oc1ccc(C(=Cc2ccc(Cl)cc2)NOCc2ccc(C(F)(F)F)cc2)cc1C)C(=O)O. The first-order chi connectivity index (χ1) is 17.1. The van der Waals surface area contributed by atoms with Gasteiger partial charge in [-0.05, 0) is 78.6 Å². The van der Waals surface area contributed by atoms with Crippen molar-refractivity contribution in [3.8, 4) is 5.75 Å². The highest BCUT2D eigenvalue weighted by atomic mass is 35.5.